The number of carbonyl (C=O) groups is 1. The summed E-state index contributed by atoms with van der Waals surface area (Å²) in [5.74, 6) is 1.12. The predicted molar refractivity (Wildman–Crippen MR) is 87.6 cm³/mol. The van der Waals surface area contributed by atoms with E-state index in [4.69, 9.17) is 0 Å². The molecule has 4 heterocycles. The molecule has 1 saturated heterocycles. The molecule has 4 rings (SSSR count). The molecule has 0 spiro atoms. The molecule has 1 amide bonds. The Morgan fingerprint density at radius 2 is 2.17 bits per heavy atom. The van der Waals surface area contributed by atoms with Crippen LogP contribution in [0.1, 0.15) is 35.2 Å². The van der Waals surface area contributed by atoms with Crippen molar-refractivity contribution in [2.45, 2.75) is 37.9 Å². The number of rotatable bonds is 3. The van der Waals surface area contributed by atoms with E-state index in [-0.39, 0.29) is 18.0 Å². The Balaban J connectivity index is 1.58. The third-order valence-electron chi connectivity index (χ3n) is 5.18. The molecule has 2 aliphatic rings. The Labute approximate surface area is 141 Å². The minimum atomic E-state index is 0.0742. The summed E-state index contributed by atoms with van der Waals surface area (Å²) in [6, 6.07) is 0.342. The topological polar surface area (TPSA) is 72.1 Å². The van der Waals surface area contributed by atoms with Gasteiger partial charge in [0.15, 0.2) is 0 Å². The smallest absolute Gasteiger partial charge is 0.272 e. The quantitative estimate of drug-likeness (QED) is 0.817. The van der Waals surface area contributed by atoms with Crippen molar-refractivity contribution in [3.05, 3.63) is 30.1 Å². The molecular weight excluding hydrogens is 306 g/mol. The largest absolute Gasteiger partial charge is 0.333 e. The lowest BCUT2D eigenvalue weighted by Gasteiger charge is -2.24. The van der Waals surface area contributed by atoms with Crippen LogP contribution in [0.15, 0.2) is 18.6 Å². The van der Waals surface area contributed by atoms with Crippen LogP contribution in [0, 0.1) is 0 Å². The van der Waals surface area contributed by atoms with E-state index in [0.717, 1.165) is 37.3 Å². The monoisotopic (exact) mass is 329 g/mol. The maximum absolute atomic E-state index is 13.1. The van der Waals surface area contributed by atoms with Gasteiger partial charge in [-0.1, -0.05) is 5.21 Å². The van der Waals surface area contributed by atoms with Crippen molar-refractivity contribution in [2.24, 2.45) is 0 Å². The van der Waals surface area contributed by atoms with Gasteiger partial charge >= 0.3 is 0 Å². The first-order valence-electron chi connectivity index (χ1n) is 8.51. The molecule has 24 heavy (non-hydrogen) atoms. The Bertz CT molecular complexity index is 721. The zero-order valence-electron chi connectivity index (χ0n) is 14.2. The first kappa shape index (κ1) is 15.3. The van der Waals surface area contributed by atoms with E-state index in [0.29, 0.717) is 13.1 Å². The number of aromatic nitrogens is 5. The van der Waals surface area contributed by atoms with E-state index in [1.165, 1.54) is 0 Å². The van der Waals surface area contributed by atoms with Gasteiger partial charge in [-0.25, -0.2) is 9.67 Å². The average Bonchev–Trinajstić information content (AvgIpc) is 3.31. The van der Waals surface area contributed by atoms with E-state index < -0.39 is 0 Å². The third kappa shape index (κ3) is 2.50. The van der Waals surface area contributed by atoms with E-state index >= 15 is 0 Å². The van der Waals surface area contributed by atoms with E-state index in [2.05, 4.69) is 24.8 Å². The number of hydrogen-bond donors (Lipinski definition) is 0. The number of fused-ring (bicyclic) bond motifs is 1. The van der Waals surface area contributed by atoms with Gasteiger partial charge in [-0.2, -0.15) is 0 Å². The maximum atomic E-state index is 13.1. The molecule has 2 aromatic rings. The fraction of sp³-hybridized carbons (Fsp3) is 0.625. The average molecular weight is 329 g/mol. The lowest BCUT2D eigenvalue weighted by Crippen LogP contribution is -2.37. The number of likely N-dealkylation sites (tertiary alicyclic amines) is 1. The van der Waals surface area contributed by atoms with Crippen LogP contribution in [-0.2, 0) is 13.0 Å². The van der Waals surface area contributed by atoms with Crippen LogP contribution < -0.4 is 0 Å². The summed E-state index contributed by atoms with van der Waals surface area (Å²) in [5, 5.41) is 8.06. The van der Waals surface area contributed by atoms with Crippen molar-refractivity contribution in [2.75, 3.05) is 27.2 Å². The van der Waals surface area contributed by atoms with Gasteiger partial charge in [0.2, 0.25) is 0 Å². The molecule has 0 aromatic carbocycles. The van der Waals surface area contributed by atoms with Crippen molar-refractivity contribution in [3.63, 3.8) is 0 Å². The van der Waals surface area contributed by atoms with Crippen molar-refractivity contribution in [1.82, 2.24) is 34.3 Å². The molecule has 0 saturated carbocycles. The minimum Gasteiger partial charge on any atom is -0.333 e. The highest BCUT2D eigenvalue weighted by molar-refractivity contribution is 5.92. The normalized spacial score (nSPS) is 23.7. The molecule has 0 bridgehead atoms. The lowest BCUT2D eigenvalue weighted by atomic mass is 10.1. The maximum Gasteiger partial charge on any atom is 0.272 e. The van der Waals surface area contributed by atoms with Crippen molar-refractivity contribution in [3.8, 4) is 0 Å². The Hall–Kier alpha value is -2.22. The zero-order valence-corrected chi connectivity index (χ0v) is 14.2. The highest BCUT2D eigenvalue weighted by Crippen LogP contribution is 2.26. The second-order valence-electron chi connectivity index (χ2n) is 6.86. The van der Waals surface area contributed by atoms with Crippen LogP contribution >= 0.6 is 0 Å². The van der Waals surface area contributed by atoms with E-state index in [1.807, 2.05) is 29.9 Å². The van der Waals surface area contributed by atoms with Gasteiger partial charge in [0, 0.05) is 32.3 Å². The number of imidazole rings is 1. The molecule has 8 heteroatoms. The highest BCUT2D eigenvalue weighted by atomic mass is 16.2. The van der Waals surface area contributed by atoms with E-state index in [1.54, 1.807) is 12.4 Å². The number of likely N-dealkylation sites (N-methyl/N-ethyl adjacent to an activating group) is 1. The predicted octanol–water partition coefficient (Wildman–Crippen LogP) is 0.438. The van der Waals surface area contributed by atoms with Gasteiger partial charge in [-0.05, 0) is 26.9 Å². The van der Waals surface area contributed by atoms with Crippen LogP contribution in [0.2, 0.25) is 0 Å². The van der Waals surface area contributed by atoms with Crippen molar-refractivity contribution in [1.29, 1.82) is 0 Å². The van der Waals surface area contributed by atoms with Crippen LogP contribution in [0.3, 0.4) is 0 Å². The number of aryl methyl sites for hydroxylation is 1. The summed E-state index contributed by atoms with van der Waals surface area (Å²) in [5.41, 5.74) is 0.724. The summed E-state index contributed by atoms with van der Waals surface area (Å²) in [6.45, 7) is 2.23. The summed E-state index contributed by atoms with van der Waals surface area (Å²) < 4.78 is 3.96. The van der Waals surface area contributed by atoms with Crippen LogP contribution in [0.4, 0.5) is 0 Å². The zero-order chi connectivity index (χ0) is 16.7. The standard InChI is InChI=1S/C16H23N7O/c1-20(2)13-10-21(11-14(13)23-8-6-18-19-23)16(24)12-9-17-15-5-3-4-7-22(12)15/h6,8-9,13-14H,3-5,7,10-11H2,1-2H3/t13-,14+/m1/s1. The van der Waals surface area contributed by atoms with Gasteiger partial charge in [0.05, 0.1) is 24.5 Å². The van der Waals surface area contributed by atoms with Gasteiger partial charge in [-0.3, -0.25) is 4.79 Å². The molecule has 1 fully saturated rings. The molecule has 8 nitrogen and oxygen atoms in total. The molecule has 128 valence electrons. The van der Waals surface area contributed by atoms with E-state index in [9.17, 15) is 4.79 Å². The summed E-state index contributed by atoms with van der Waals surface area (Å²) in [7, 11) is 4.09. The van der Waals surface area contributed by atoms with Crippen LogP contribution in [0.25, 0.3) is 0 Å². The molecule has 2 atom stereocenters. The van der Waals surface area contributed by atoms with Gasteiger partial charge in [-0.15, -0.1) is 5.10 Å². The first-order valence-corrected chi connectivity index (χ1v) is 8.51. The van der Waals surface area contributed by atoms with Crippen LogP contribution in [0.5, 0.6) is 0 Å². The van der Waals surface area contributed by atoms with Gasteiger partial charge < -0.3 is 14.4 Å². The molecule has 2 aliphatic heterocycles. The number of amides is 1. The Morgan fingerprint density at radius 3 is 2.92 bits per heavy atom. The molecular formula is C16H23N7O. The number of hydrogen-bond acceptors (Lipinski definition) is 5. The molecule has 2 aromatic heterocycles. The Morgan fingerprint density at radius 1 is 1.29 bits per heavy atom. The summed E-state index contributed by atoms with van der Waals surface area (Å²) >= 11 is 0. The molecule has 0 N–H and O–H groups in total. The fourth-order valence-corrected chi connectivity index (χ4v) is 3.85. The van der Waals surface area contributed by atoms with Gasteiger partial charge in [0.1, 0.15) is 11.5 Å². The minimum absolute atomic E-state index is 0.0742. The first-order chi connectivity index (χ1) is 11.6. The SMILES string of the molecule is CN(C)[C@@H]1CN(C(=O)c2cnc3n2CCCC3)C[C@@H]1n1ccnn1. The molecule has 0 aliphatic carbocycles. The summed E-state index contributed by atoms with van der Waals surface area (Å²) in [6.07, 6.45) is 8.54. The van der Waals surface area contributed by atoms with Crippen LogP contribution in [-0.4, -0.2) is 73.5 Å². The number of carbonyl (C=O) groups excluding carboxylic acids is 1. The lowest BCUT2D eigenvalue weighted by molar-refractivity contribution is 0.0769. The summed E-state index contributed by atoms with van der Waals surface area (Å²) in [4.78, 5) is 21.6. The highest BCUT2D eigenvalue weighted by Gasteiger charge is 2.39. The number of nitrogens with zero attached hydrogens (tertiary/aromatic N) is 7. The van der Waals surface area contributed by atoms with Crippen molar-refractivity contribution >= 4 is 5.91 Å². The second-order valence-corrected chi connectivity index (χ2v) is 6.86. The molecule has 0 unspecified atom stereocenters. The van der Waals surface area contributed by atoms with Crippen molar-refractivity contribution < 1.29 is 4.79 Å². The fourth-order valence-electron chi connectivity index (χ4n) is 3.85. The third-order valence-corrected chi connectivity index (χ3v) is 5.18. The molecule has 0 radical (unpaired) electrons. The van der Waals surface area contributed by atoms with Gasteiger partial charge in [0.25, 0.3) is 5.91 Å². The Kier molecular flexibility index (Phi) is 3.84. The second kappa shape index (κ2) is 6.01.